The lowest BCUT2D eigenvalue weighted by Crippen LogP contribution is -2.42. The molecule has 1 fully saturated rings. The van der Waals surface area contributed by atoms with E-state index in [2.05, 4.69) is 20.8 Å². The van der Waals surface area contributed by atoms with E-state index in [1.807, 2.05) is 25.1 Å². The molecule has 0 saturated carbocycles. The lowest BCUT2D eigenvalue weighted by Gasteiger charge is -2.36. The van der Waals surface area contributed by atoms with Crippen LogP contribution in [0.5, 0.6) is 0 Å². The zero-order valence-corrected chi connectivity index (χ0v) is 13.2. The summed E-state index contributed by atoms with van der Waals surface area (Å²) >= 11 is 9.62. The summed E-state index contributed by atoms with van der Waals surface area (Å²) in [6.45, 7) is 4.20. The van der Waals surface area contributed by atoms with E-state index in [-0.39, 0.29) is 0 Å². The summed E-state index contributed by atoms with van der Waals surface area (Å²) in [5.41, 5.74) is 0.507. The molecule has 1 heterocycles. The standard InChI is InChI=1S/C14H17BrClNO2/c1-14(13(18)19)4-6-17(7-5-14)9-10-8-11(15)2-3-12(10)16/h2-3,8H,4-7,9H2,1H3,(H,18,19). The summed E-state index contributed by atoms with van der Waals surface area (Å²) in [6.07, 6.45) is 1.38. The fourth-order valence-electron chi connectivity index (χ4n) is 2.32. The Morgan fingerprint density at radius 3 is 2.68 bits per heavy atom. The van der Waals surface area contributed by atoms with Crippen LogP contribution in [0.1, 0.15) is 25.3 Å². The Balaban J connectivity index is 1.99. The number of likely N-dealkylation sites (tertiary alicyclic amines) is 1. The highest BCUT2D eigenvalue weighted by molar-refractivity contribution is 9.10. The third-order valence-electron chi connectivity index (χ3n) is 3.88. The number of halogens is 2. The normalized spacial score (nSPS) is 19.3. The van der Waals surface area contributed by atoms with Gasteiger partial charge in [-0.2, -0.15) is 0 Å². The maximum absolute atomic E-state index is 11.2. The Morgan fingerprint density at radius 2 is 2.11 bits per heavy atom. The Labute approximate surface area is 126 Å². The first-order chi connectivity index (χ1) is 8.90. The number of rotatable bonds is 3. The number of carboxylic acids is 1. The molecular formula is C14H17BrClNO2. The van der Waals surface area contributed by atoms with Crippen LogP contribution >= 0.6 is 27.5 Å². The molecule has 0 aliphatic carbocycles. The van der Waals surface area contributed by atoms with Crippen LogP contribution in [0.4, 0.5) is 0 Å². The van der Waals surface area contributed by atoms with Gasteiger partial charge in [-0.15, -0.1) is 0 Å². The van der Waals surface area contributed by atoms with Gasteiger partial charge in [0.15, 0.2) is 0 Å². The van der Waals surface area contributed by atoms with Gasteiger partial charge in [-0.3, -0.25) is 9.69 Å². The molecular weight excluding hydrogens is 330 g/mol. The second-order valence-electron chi connectivity index (χ2n) is 5.38. The summed E-state index contributed by atoms with van der Waals surface area (Å²) in [4.78, 5) is 13.5. The molecule has 1 aliphatic rings. The minimum absolute atomic E-state index is 0.572. The van der Waals surface area contributed by atoms with Crippen molar-refractivity contribution in [2.45, 2.75) is 26.3 Å². The molecule has 0 amide bonds. The van der Waals surface area contributed by atoms with E-state index in [1.165, 1.54) is 0 Å². The van der Waals surface area contributed by atoms with Crippen LogP contribution < -0.4 is 0 Å². The van der Waals surface area contributed by atoms with Gasteiger partial charge in [-0.05, 0) is 56.6 Å². The van der Waals surface area contributed by atoms with Crippen LogP contribution in [-0.2, 0) is 11.3 Å². The number of aliphatic carboxylic acids is 1. The fraction of sp³-hybridized carbons (Fsp3) is 0.500. The van der Waals surface area contributed by atoms with E-state index >= 15 is 0 Å². The number of hydrogen-bond acceptors (Lipinski definition) is 2. The molecule has 1 aromatic carbocycles. The number of benzene rings is 1. The highest BCUT2D eigenvalue weighted by Crippen LogP contribution is 2.32. The molecule has 0 atom stereocenters. The third kappa shape index (κ3) is 3.50. The van der Waals surface area contributed by atoms with Crippen LogP contribution in [-0.4, -0.2) is 29.1 Å². The average Bonchev–Trinajstić information content (AvgIpc) is 2.36. The van der Waals surface area contributed by atoms with Gasteiger partial charge in [0.2, 0.25) is 0 Å². The van der Waals surface area contributed by atoms with Crippen molar-refractivity contribution in [1.29, 1.82) is 0 Å². The molecule has 1 saturated heterocycles. The van der Waals surface area contributed by atoms with Crippen molar-refractivity contribution in [3.05, 3.63) is 33.3 Å². The summed E-state index contributed by atoms with van der Waals surface area (Å²) in [5, 5.41) is 9.97. The quantitative estimate of drug-likeness (QED) is 0.905. The monoisotopic (exact) mass is 345 g/mol. The molecule has 0 unspecified atom stereocenters. The fourth-order valence-corrected chi connectivity index (χ4v) is 2.91. The number of nitrogens with zero attached hydrogens (tertiary/aromatic N) is 1. The lowest BCUT2D eigenvalue weighted by molar-refractivity contribution is -0.150. The van der Waals surface area contributed by atoms with Crippen molar-refractivity contribution in [1.82, 2.24) is 4.90 Å². The van der Waals surface area contributed by atoms with Crippen LogP contribution in [0.25, 0.3) is 0 Å². The second-order valence-corrected chi connectivity index (χ2v) is 6.70. The first-order valence-electron chi connectivity index (χ1n) is 6.30. The van der Waals surface area contributed by atoms with Gasteiger partial charge in [0.05, 0.1) is 5.41 Å². The molecule has 5 heteroatoms. The molecule has 3 nitrogen and oxygen atoms in total. The van der Waals surface area contributed by atoms with Crippen molar-refractivity contribution >= 4 is 33.5 Å². The van der Waals surface area contributed by atoms with E-state index in [9.17, 15) is 9.90 Å². The molecule has 0 spiro atoms. The van der Waals surface area contributed by atoms with E-state index in [4.69, 9.17) is 11.6 Å². The summed E-state index contributed by atoms with van der Waals surface area (Å²) in [5.74, 6) is -0.687. The first-order valence-corrected chi connectivity index (χ1v) is 7.47. The Bertz CT molecular complexity index is 484. The predicted molar refractivity (Wildman–Crippen MR) is 79.4 cm³/mol. The van der Waals surface area contributed by atoms with Gasteiger partial charge in [0, 0.05) is 16.0 Å². The van der Waals surface area contributed by atoms with Crippen LogP contribution in [0, 0.1) is 5.41 Å². The van der Waals surface area contributed by atoms with Crippen molar-refractivity contribution in [3.63, 3.8) is 0 Å². The number of carbonyl (C=O) groups is 1. The minimum atomic E-state index is -0.687. The second kappa shape index (κ2) is 5.81. The van der Waals surface area contributed by atoms with Gasteiger partial charge in [0.25, 0.3) is 0 Å². The average molecular weight is 347 g/mol. The zero-order chi connectivity index (χ0) is 14.0. The van der Waals surface area contributed by atoms with E-state index < -0.39 is 11.4 Å². The van der Waals surface area contributed by atoms with Gasteiger partial charge in [-0.1, -0.05) is 27.5 Å². The molecule has 0 radical (unpaired) electrons. The molecule has 2 rings (SSSR count). The van der Waals surface area contributed by atoms with Crippen molar-refractivity contribution in [3.8, 4) is 0 Å². The maximum Gasteiger partial charge on any atom is 0.309 e. The first kappa shape index (κ1) is 14.8. The highest BCUT2D eigenvalue weighted by Gasteiger charge is 2.36. The predicted octanol–water partition coefficient (Wildman–Crippen LogP) is 3.79. The summed E-state index contributed by atoms with van der Waals surface area (Å²) in [7, 11) is 0. The summed E-state index contributed by atoms with van der Waals surface area (Å²) < 4.78 is 1.01. The Kier molecular flexibility index (Phi) is 4.54. The number of carboxylic acid groups (broad SMARTS) is 1. The van der Waals surface area contributed by atoms with Gasteiger partial charge in [0.1, 0.15) is 0 Å². The molecule has 1 aliphatic heterocycles. The van der Waals surface area contributed by atoms with Crippen molar-refractivity contribution < 1.29 is 9.90 Å². The SMILES string of the molecule is CC1(C(=O)O)CCN(Cc2cc(Br)ccc2Cl)CC1. The largest absolute Gasteiger partial charge is 0.481 e. The van der Waals surface area contributed by atoms with Gasteiger partial charge in [-0.25, -0.2) is 0 Å². The molecule has 1 N–H and O–H groups in total. The van der Waals surface area contributed by atoms with E-state index in [1.54, 1.807) is 0 Å². The number of piperidine rings is 1. The minimum Gasteiger partial charge on any atom is -0.481 e. The topological polar surface area (TPSA) is 40.5 Å². The Morgan fingerprint density at radius 1 is 1.47 bits per heavy atom. The molecule has 19 heavy (non-hydrogen) atoms. The van der Waals surface area contributed by atoms with Gasteiger partial charge < -0.3 is 5.11 Å². The smallest absolute Gasteiger partial charge is 0.309 e. The van der Waals surface area contributed by atoms with E-state index in [0.29, 0.717) is 12.8 Å². The maximum atomic E-state index is 11.2. The zero-order valence-electron chi connectivity index (χ0n) is 10.8. The van der Waals surface area contributed by atoms with Gasteiger partial charge >= 0.3 is 5.97 Å². The lowest BCUT2D eigenvalue weighted by atomic mass is 9.80. The van der Waals surface area contributed by atoms with Crippen molar-refractivity contribution in [2.75, 3.05) is 13.1 Å². The number of hydrogen-bond donors (Lipinski definition) is 1. The molecule has 0 bridgehead atoms. The molecule has 0 aromatic heterocycles. The van der Waals surface area contributed by atoms with E-state index in [0.717, 1.165) is 34.7 Å². The third-order valence-corrected chi connectivity index (χ3v) is 4.74. The van der Waals surface area contributed by atoms with Crippen LogP contribution in [0.3, 0.4) is 0 Å². The molecule has 1 aromatic rings. The highest BCUT2D eigenvalue weighted by atomic mass is 79.9. The summed E-state index contributed by atoms with van der Waals surface area (Å²) in [6, 6.07) is 5.82. The van der Waals surface area contributed by atoms with Crippen LogP contribution in [0.2, 0.25) is 5.02 Å². The van der Waals surface area contributed by atoms with Crippen molar-refractivity contribution in [2.24, 2.45) is 5.41 Å². The molecule has 104 valence electrons. The van der Waals surface area contributed by atoms with Crippen LogP contribution in [0.15, 0.2) is 22.7 Å². The Hall–Kier alpha value is -0.580.